The van der Waals surface area contributed by atoms with E-state index in [0.29, 0.717) is 0 Å². The summed E-state index contributed by atoms with van der Waals surface area (Å²) in [4.78, 5) is 14.7. The van der Waals surface area contributed by atoms with Gasteiger partial charge in [-0.25, -0.2) is 4.99 Å². The van der Waals surface area contributed by atoms with Gasteiger partial charge in [0.1, 0.15) is 6.04 Å². The van der Waals surface area contributed by atoms with Crippen LogP contribution in [0.4, 0.5) is 0 Å². The van der Waals surface area contributed by atoms with Gasteiger partial charge in [0.25, 0.3) is 0 Å². The first kappa shape index (κ1) is 22.1. The van der Waals surface area contributed by atoms with Crippen LogP contribution in [-0.2, 0) is 4.79 Å². The zero-order valence-electron chi connectivity index (χ0n) is 14.5. The molecule has 3 nitrogen and oxygen atoms in total. The van der Waals surface area contributed by atoms with Crippen molar-refractivity contribution in [3.63, 3.8) is 0 Å². The maximum Gasteiger partial charge on any atom is 0.304 e. The fourth-order valence-corrected chi connectivity index (χ4v) is 2.28. The van der Waals surface area contributed by atoms with E-state index in [1.54, 1.807) is 0 Å². The second kappa shape index (κ2) is 16.0. The number of carboxylic acids is 1. The van der Waals surface area contributed by atoms with Crippen molar-refractivity contribution in [2.75, 3.05) is 0 Å². The van der Waals surface area contributed by atoms with E-state index in [1.807, 2.05) is 0 Å². The van der Waals surface area contributed by atoms with E-state index in [2.05, 4.69) is 59.6 Å². The molecule has 24 heavy (non-hydrogen) atoms. The van der Waals surface area contributed by atoms with Crippen LogP contribution >= 0.6 is 12.2 Å². The van der Waals surface area contributed by atoms with Crippen molar-refractivity contribution in [3.8, 4) is 23.7 Å². The standard InChI is InChI=1S/C20H27NO2S/c1-3-5-6-7-8-9-10-14-19(21-17-24)15-12-11-13-18(4-2)16-20(22)23/h4,18-19H,2-3,5-10,14,16H2,1H3,(H,22,23)/t18-,19+/m0/s1. The summed E-state index contributed by atoms with van der Waals surface area (Å²) in [5.74, 6) is 9.90. The fourth-order valence-electron chi connectivity index (χ4n) is 2.16. The normalized spacial score (nSPS) is 11.7. The van der Waals surface area contributed by atoms with E-state index in [9.17, 15) is 4.79 Å². The molecule has 0 aliphatic carbocycles. The Hall–Kier alpha value is -1.87. The van der Waals surface area contributed by atoms with E-state index in [-0.39, 0.29) is 18.4 Å². The molecule has 0 radical (unpaired) electrons. The second-order valence-electron chi connectivity index (χ2n) is 5.62. The molecule has 0 aliphatic rings. The van der Waals surface area contributed by atoms with Crippen LogP contribution < -0.4 is 0 Å². The third-order valence-corrected chi connectivity index (χ3v) is 3.63. The quantitative estimate of drug-likeness (QED) is 0.180. The van der Waals surface area contributed by atoms with Crippen LogP contribution in [0.15, 0.2) is 17.6 Å². The van der Waals surface area contributed by atoms with Gasteiger partial charge in [0, 0.05) is 5.92 Å². The lowest BCUT2D eigenvalue weighted by atomic mass is 10.1. The molecular weight excluding hydrogens is 318 g/mol. The number of carboxylic acid groups (broad SMARTS) is 1. The van der Waals surface area contributed by atoms with Crippen molar-refractivity contribution < 1.29 is 9.90 Å². The number of unbranched alkanes of at least 4 members (excludes halogenated alkanes) is 6. The molecule has 0 aromatic rings. The van der Waals surface area contributed by atoms with Crippen molar-refractivity contribution in [2.24, 2.45) is 10.9 Å². The Morgan fingerprint density at radius 1 is 1.17 bits per heavy atom. The molecule has 2 atom stereocenters. The average Bonchev–Trinajstić information content (AvgIpc) is 2.56. The van der Waals surface area contributed by atoms with Crippen LogP contribution in [0, 0.1) is 29.6 Å². The van der Waals surface area contributed by atoms with Gasteiger partial charge in [-0.05, 0) is 30.5 Å². The highest BCUT2D eigenvalue weighted by molar-refractivity contribution is 7.78. The predicted octanol–water partition coefficient (Wildman–Crippen LogP) is 4.88. The Bertz CT molecular complexity index is 541. The van der Waals surface area contributed by atoms with Crippen LogP contribution in [-0.4, -0.2) is 22.3 Å². The van der Waals surface area contributed by atoms with Crippen molar-refractivity contribution in [2.45, 2.75) is 70.8 Å². The topological polar surface area (TPSA) is 49.7 Å². The number of carbonyl (C=O) groups is 1. The third kappa shape index (κ3) is 13.8. The summed E-state index contributed by atoms with van der Waals surface area (Å²) in [6.45, 7) is 5.79. The molecule has 0 fully saturated rings. The summed E-state index contributed by atoms with van der Waals surface area (Å²) in [6, 6.07) is -0.172. The summed E-state index contributed by atoms with van der Waals surface area (Å²) in [5.41, 5.74) is 0. The molecule has 0 saturated carbocycles. The number of aliphatic imine (C=N–C) groups is 1. The summed E-state index contributed by atoms with van der Waals surface area (Å²) in [6.07, 6.45) is 11.0. The summed E-state index contributed by atoms with van der Waals surface area (Å²) in [5, 5.41) is 11.1. The average molecular weight is 346 g/mol. The molecule has 0 rings (SSSR count). The Kier molecular flexibility index (Phi) is 14.8. The highest BCUT2D eigenvalue weighted by Crippen LogP contribution is 2.10. The number of aliphatic carboxylic acids is 1. The molecule has 0 bridgehead atoms. The van der Waals surface area contributed by atoms with Gasteiger partial charge in [-0.15, -0.1) is 6.58 Å². The molecule has 4 heteroatoms. The lowest BCUT2D eigenvalue weighted by molar-refractivity contribution is -0.137. The highest BCUT2D eigenvalue weighted by atomic mass is 32.1. The van der Waals surface area contributed by atoms with Gasteiger partial charge >= 0.3 is 5.97 Å². The molecule has 130 valence electrons. The predicted molar refractivity (Wildman–Crippen MR) is 103 cm³/mol. The first-order valence-corrected chi connectivity index (χ1v) is 8.97. The van der Waals surface area contributed by atoms with E-state index in [1.165, 1.54) is 44.6 Å². The van der Waals surface area contributed by atoms with Gasteiger partial charge in [-0.2, -0.15) is 0 Å². The number of rotatable bonds is 12. The lowest BCUT2D eigenvalue weighted by Crippen LogP contribution is -2.02. The molecule has 0 aromatic carbocycles. The van der Waals surface area contributed by atoms with Crippen molar-refractivity contribution in [3.05, 3.63) is 12.7 Å². The molecule has 0 unspecified atom stereocenters. The maximum absolute atomic E-state index is 10.6. The van der Waals surface area contributed by atoms with Crippen LogP contribution in [0.3, 0.4) is 0 Å². The first-order valence-electron chi connectivity index (χ1n) is 8.56. The molecule has 0 aromatic heterocycles. The zero-order chi connectivity index (χ0) is 18.0. The van der Waals surface area contributed by atoms with E-state index in [0.717, 1.165) is 12.8 Å². The molecular formula is C20H27NO2S. The Morgan fingerprint density at radius 3 is 2.38 bits per heavy atom. The molecule has 0 heterocycles. The maximum atomic E-state index is 10.6. The van der Waals surface area contributed by atoms with Crippen molar-refractivity contribution >= 4 is 23.3 Å². The van der Waals surface area contributed by atoms with Crippen LogP contribution in [0.2, 0.25) is 0 Å². The minimum Gasteiger partial charge on any atom is -0.481 e. The summed E-state index contributed by atoms with van der Waals surface area (Å²) < 4.78 is 0. The van der Waals surface area contributed by atoms with Crippen molar-refractivity contribution in [1.29, 1.82) is 0 Å². The smallest absolute Gasteiger partial charge is 0.304 e. The number of thiocarbonyl (C=S) groups is 1. The van der Waals surface area contributed by atoms with Gasteiger partial charge in [0.05, 0.1) is 11.6 Å². The van der Waals surface area contributed by atoms with Crippen LogP contribution in [0.5, 0.6) is 0 Å². The van der Waals surface area contributed by atoms with Crippen molar-refractivity contribution in [1.82, 2.24) is 0 Å². The third-order valence-electron chi connectivity index (χ3n) is 3.53. The Labute approximate surface area is 151 Å². The molecule has 1 N–H and O–H groups in total. The summed E-state index contributed by atoms with van der Waals surface area (Å²) >= 11 is 4.67. The van der Waals surface area contributed by atoms with E-state index >= 15 is 0 Å². The van der Waals surface area contributed by atoms with Crippen LogP contribution in [0.25, 0.3) is 0 Å². The molecule has 0 amide bonds. The lowest BCUT2D eigenvalue weighted by Gasteiger charge is -2.03. The number of isothiocyanates is 1. The number of allylic oxidation sites excluding steroid dienone is 1. The Balaban J connectivity index is 4.28. The molecule has 0 spiro atoms. The van der Waals surface area contributed by atoms with Crippen LogP contribution in [0.1, 0.15) is 64.7 Å². The van der Waals surface area contributed by atoms with Gasteiger partial charge in [-0.1, -0.05) is 69.8 Å². The molecule has 0 aliphatic heterocycles. The number of hydrogen-bond donors (Lipinski definition) is 1. The van der Waals surface area contributed by atoms with Gasteiger partial charge in [0.2, 0.25) is 0 Å². The molecule has 0 saturated heterocycles. The highest BCUT2D eigenvalue weighted by Gasteiger charge is 2.05. The zero-order valence-corrected chi connectivity index (χ0v) is 15.3. The second-order valence-corrected chi connectivity index (χ2v) is 5.81. The van der Waals surface area contributed by atoms with E-state index < -0.39 is 5.97 Å². The minimum absolute atomic E-state index is 0.0578. The monoisotopic (exact) mass is 345 g/mol. The minimum atomic E-state index is -0.899. The fraction of sp³-hybridized carbons (Fsp3) is 0.600. The van der Waals surface area contributed by atoms with E-state index in [4.69, 9.17) is 5.11 Å². The summed E-state index contributed by atoms with van der Waals surface area (Å²) in [7, 11) is 0. The number of nitrogens with zero attached hydrogens (tertiary/aromatic N) is 1. The SMILES string of the molecule is C=C[C@@H](C#CC#C[C@@H](CCCCCCCCC)N=C=S)CC(=O)O. The first-order chi connectivity index (χ1) is 11.6. The Morgan fingerprint density at radius 2 is 1.79 bits per heavy atom. The van der Waals surface area contributed by atoms with Gasteiger partial charge in [0.15, 0.2) is 0 Å². The number of hydrogen-bond acceptors (Lipinski definition) is 3. The van der Waals surface area contributed by atoms with Gasteiger partial charge < -0.3 is 5.11 Å². The van der Waals surface area contributed by atoms with Gasteiger partial charge in [-0.3, -0.25) is 4.79 Å². The largest absolute Gasteiger partial charge is 0.481 e.